The van der Waals surface area contributed by atoms with E-state index in [2.05, 4.69) is 95.3 Å². The van der Waals surface area contributed by atoms with Crippen LogP contribution in [-0.2, 0) is 13.9 Å². The smallest absolute Gasteiger partial charge is 0.410 e. The molecule has 0 radical (unpaired) electrons. The predicted octanol–water partition coefficient (Wildman–Crippen LogP) is 6.93. The lowest BCUT2D eigenvalue weighted by Gasteiger charge is -2.44. The number of unbranched alkanes of at least 4 members (excludes halogenated alkanes) is 1. The third-order valence-corrected chi connectivity index (χ3v) is 12.9. The maximum Gasteiger partial charge on any atom is 0.410 e. The molecule has 1 heterocycles. The number of benzene rings is 2. The van der Waals surface area contributed by atoms with Crippen molar-refractivity contribution in [1.82, 2.24) is 4.90 Å². The van der Waals surface area contributed by atoms with Crippen molar-refractivity contribution in [3.8, 4) is 0 Å². The third-order valence-electron chi connectivity index (χ3n) is 7.72. The van der Waals surface area contributed by atoms with Crippen LogP contribution in [0.4, 0.5) is 4.79 Å². The molecule has 0 saturated carbocycles. The van der Waals surface area contributed by atoms with Crippen molar-refractivity contribution in [1.29, 1.82) is 0 Å². The maximum absolute atomic E-state index is 12.4. The maximum atomic E-state index is 12.4. The van der Waals surface area contributed by atoms with Gasteiger partial charge in [-0.2, -0.15) is 0 Å². The molecule has 0 N–H and O–H groups in total. The quantitative estimate of drug-likeness (QED) is 0.236. The fourth-order valence-electron chi connectivity index (χ4n) is 5.54. The Morgan fingerprint density at radius 1 is 0.897 bits per heavy atom. The largest absolute Gasteiger partial charge is 0.444 e. The number of rotatable bonds is 10. The van der Waals surface area contributed by atoms with Crippen LogP contribution < -0.4 is 10.4 Å². The first-order valence-electron chi connectivity index (χ1n) is 14.7. The number of carbonyl (C=O) groups excluding carboxylic acids is 1. The van der Waals surface area contributed by atoms with Crippen molar-refractivity contribution < 1.29 is 18.7 Å². The Morgan fingerprint density at radius 3 is 1.87 bits per heavy atom. The Balaban J connectivity index is 1.53. The molecule has 2 aromatic carbocycles. The molecule has 0 aromatic heterocycles. The van der Waals surface area contributed by atoms with Crippen LogP contribution >= 0.6 is 0 Å². The van der Waals surface area contributed by atoms with E-state index in [1.807, 2.05) is 20.8 Å². The summed E-state index contributed by atoms with van der Waals surface area (Å²) in [7, 11) is -2.52. The molecule has 1 aliphatic heterocycles. The summed E-state index contributed by atoms with van der Waals surface area (Å²) in [6.45, 7) is 19.2. The highest BCUT2D eigenvalue weighted by Crippen LogP contribution is 2.38. The van der Waals surface area contributed by atoms with E-state index in [1.165, 1.54) is 10.4 Å². The third kappa shape index (κ3) is 8.42. The van der Waals surface area contributed by atoms with Crippen LogP contribution in [-0.4, -0.2) is 56.3 Å². The van der Waals surface area contributed by atoms with E-state index in [0.29, 0.717) is 13.1 Å². The van der Waals surface area contributed by atoms with Crippen LogP contribution in [0.1, 0.15) is 87.5 Å². The first-order valence-corrected chi connectivity index (χ1v) is 16.6. The number of piperidine rings is 1. The minimum atomic E-state index is -2.52. The summed E-state index contributed by atoms with van der Waals surface area (Å²) in [5.41, 5.74) is -0.651. The van der Waals surface area contributed by atoms with Gasteiger partial charge in [-0.05, 0) is 82.1 Å². The van der Waals surface area contributed by atoms with E-state index in [-0.39, 0.29) is 22.8 Å². The van der Waals surface area contributed by atoms with Crippen molar-refractivity contribution in [2.75, 3.05) is 19.7 Å². The van der Waals surface area contributed by atoms with Crippen LogP contribution in [0.3, 0.4) is 0 Å². The normalized spacial score (nSPS) is 17.1. The van der Waals surface area contributed by atoms with Crippen LogP contribution in [0.25, 0.3) is 0 Å². The lowest BCUT2D eigenvalue weighted by atomic mass is 9.93. The van der Waals surface area contributed by atoms with E-state index in [4.69, 9.17) is 13.9 Å². The molecule has 39 heavy (non-hydrogen) atoms. The summed E-state index contributed by atoms with van der Waals surface area (Å²) in [4.78, 5) is 14.2. The van der Waals surface area contributed by atoms with E-state index in [1.54, 1.807) is 4.90 Å². The second kappa shape index (κ2) is 13.0. The van der Waals surface area contributed by atoms with Gasteiger partial charge in [0, 0.05) is 25.8 Å². The minimum Gasteiger partial charge on any atom is -0.444 e. The summed E-state index contributed by atoms with van der Waals surface area (Å²) in [6, 6.07) is 21.7. The van der Waals surface area contributed by atoms with E-state index >= 15 is 0 Å². The van der Waals surface area contributed by atoms with Crippen LogP contribution in [0, 0.1) is 0 Å². The molecule has 0 bridgehead atoms. The van der Waals surface area contributed by atoms with Gasteiger partial charge in [0.25, 0.3) is 8.32 Å². The lowest BCUT2D eigenvalue weighted by molar-refractivity contribution is -0.0736. The zero-order chi connectivity index (χ0) is 28.7. The highest BCUT2D eigenvalue weighted by Gasteiger charge is 2.50. The molecule has 0 unspecified atom stereocenters. The molecule has 1 fully saturated rings. The monoisotopic (exact) mass is 553 g/mol. The van der Waals surface area contributed by atoms with Gasteiger partial charge in [-0.3, -0.25) is 0 Å². The zero-order valence-electron chi connectivity index (χ0n) is 25.6. The average molecular weight is 554 g/mol. The Hall–Kier alpha value is -2.15. The molecule has 216 valence electrons. The Kier molecular flexibility index (Phi) is 10.5. The van der Waals surface area contributed by atoms with Gasteiger partial charge in [0.05, 0.1) is 5.60 Å². The molecule has 0 aliphatic carbocycles. The van der Waals surface area contributed by atoms with Crippen LogP contribution in [0.15, 0.2) is 60.7 Å². The topological polar surface area (TPSA) is 48.0 Å². The van der Waals surface area contributed by atoms with Crippen LogP contribution in [0.2, 0.25) is 5.04 Å². The Bertz CT molecular complexity index is 982. The minimum absolute atomic E-state index is 0.0180. The Labute approximate surface area is 238 Å². The number of ether oxygens (including phenoxy) is 2. The molecule has 5 nitrogen and oxygen atoms in total. The first kappa shape index (κ1) is 31.4. The molecule has 1 saturated heterocycles. The van der Waals surface area contributed by atoms with E-state index < -0.39 is 13.9 Å². The van der Waals surface area contributed by atoms with Gasteiger partial charge in [-0.25, -0.2) is 4.79 Å². The summed E-state index contributed by atoms with van der Waals surface area (Å²) >= 11 is 0. The van der Waals surface area contributed by atoms with Gasteiger partial charge in [0.1, 0.15) is 5.60 Å². The first-order chi connectivity index (χ1) is 18.3. The van der Waals surface area contributed by atoms with Crippen molar-refractivity contribution in [3.63, 3.8) is 0 Å². The number of nitrogens with zero attached hydrogens (tertiary/aromatic N) is 1. The molecular formula is C33H51NO4Si. The summed E-state index contributed by atoms with van der Waals surface area (Å²) in [5.74, 6) is 0. The van der Waals surface area contributed by atoms with E-state index in [9.17, 15) is 4.79 Å². The molecule has 1 atom stereocenters. The van der Waals surface area contributed by atoms with Gasteiger partial charge >= 0.3 is 6.09 Å². The molecular weight excluding hydrogens is 502 g/mol. The summed E-state index contributed by atoms with van der Waals surface area (Å²) in [5, 5.41) is 2.63. The molecule has 6 heteroatoms. The standard InChI is InChI=1S/C33H51NO4Si/c1-27(17-15-16-26-36-33(8)22-24-34(25-23-33)30(35)37-31(2,3)4)38-39(32(5,6)7,28-18-11-9-12-19-28)29-20-13-10-14-21-29/h9-14,18-21,27H,15-17,22-26H2,1-8H3/t27-/m1/s1. The average Bonchev–Trinajstić information content (AvgIpc) is 2.86. The molecule has 0 spiro atoms. The number of hydrogen-bond donors (Lipinski definition) is 0. The van der Waals surface area contributed by atoms with Gasteiger partial charge in [0.2, 0.25) is 0 Å². The highest BCUT2D eigenvalue weighted by molar-refractivity contribution is 6.99. The molecule has 2 aromatic rings. The van der Waals surface area contributed by atoms with E-state index in [0.717, 1.165) is 38.7 Å². The predicted molar refractivity (Wildman–Crippen MR) is 163 cm³/mol. The van der Waals surface area contributed by atoms with Gasteiger partial charge < -0.3 is 18.8 Å². The van der Waals surface area contributed by atoms with Crippen molar-refractivity contribution in [2.45, 2.75) is 110 Å². The molecule has 1 amide bonds. The number of carbonyl (C=O) groups is 1. The van der Waals surface area contributed by atoms with Crippen molar-refractivity contribution in [3.05, 3.63) is 60.7 Å². The lowest BCUT2D eigenvalue weighted by Crippen LogP contribution is -2.67. The number of likely N-dealkylation sites (tertiary alicyclic amines) is 1. The molecule has 3 rings (SSSR count). The second-order valence-corrected chi connectivity index (χ2v) is 17.6. The Morgan fingerprint density at radius 2 is 1.41 bits per heavy atom. The highest BCUT2D eigenvalue weighted by atomic mass is 28.4. The van der Waals surface area contributed by atoms with Gasteiger partial charge in [-0.1, -0.05) is 81.4 Å². The van der Waals surface area contributed by atoms with Crippen LogP contribution in [0.5, 0.6) is 0 Å². The zero-order valence-corrected chi connectivity index (χ0v) is 26.6. The fourth-order valence-corrected chi connectivity index (χ4v) is 10.3. The SMILES string of the molecule is C[C@H](CCCCOC1(C)CCN(C(=O)OC(C)(C)C)CC1)O[Si](c1ccccc1)(c1ccccc1)C(C)(C)C. The number of amides is 1. The van der Waals surface area contributed by atoms with Gasteiger partial charge in [-0.15, -0.1) is 0 Å². The number of hydrogen-bond acceptors (Lipinski definition) is 4. The van der Waals surface area contributed by atoms with Crippen molar-refractivity contribution >= 4 is 24.8 Å². The van der Waals surface area contributed by atoms with Gasteiger partial charge in [0.15, 0.2) is 0 Å². The summed E-state index contributed by atoms with van der Waals surface area (Å²) < 4.78 is 19.1. The molecule has 1 aliphatic rings. The summed E-state index contributed by atoms with van der Waals surface area (Å²) in [6.07, 6.45) is 4.64. The fraction of sp³-hybridized carbons (Fsp3) is 0.606. The second-order valence-electron chi connectivity index (χ2n) is 13.4. The van der Waals surface area contributed by atoms with Crippen molar-refractivity contribution in [2.24, 2.45) is 0 Å².